The Balaban J connectivity index is 1.22. The van der Waals surface area contributed by atoms with Gasteiger partial charge in [-0.05, 0) is 56.6 Å². The maximum atomic E-state index is 13.1. The molecular weight excluding hydrogens is 388 g/mol. The number of likely N-dealkylation sites (tertiary alicyclic amines) is 1. The Bertz CT molecular complexity index is 765. The van der Waals surface area contributed by atoms with Gasteiger partial charge in [0.1, 0.15) is 0 Å². The number of aryl methyl sites for hydroxylation is 2. The zero-order chi connectivity index (χ0) is 21.8. The first-order valence-corrected chi connectivity index (χ1v) is 12.1. The summed E-state index contributed by atoms with van der Waals surface area (Å²) in [7, 11) is 0. The average molecular weight is 427 g/mol. The molecule has 0 bridgehead atoms. The van der Waals surface area contributed by atoms with Crippen LogP contribution in [0.25, 0.3) is 0 Å². The predicted octanol–water partition coefficient (Wildman–Crippen LogP) is 3.04. The number of piperidine rings is 1. The minimum absolute atomic E-state index is 0.0404. The normalized spacial score (nSPS) is 25.2. The van der Waals surface area contributed by atoms with Crippen molar-refractivity contribution in [3.8, 4) is 0 Å². The van der Waals surface area contributed by atoms with Crippen molar-refractivity contribution in [2.24, 2.45) is 5.92 Å². The van der Waals surface area contributed by atoms with Crippen molar-refractivity contribution < 1.29 is 9.59 Å². The van der Waals surface area contributed by atoms with Crippen molar-refractivity contribution in [2.45, 2.75) is 58.4 Å². The van der Waals surface area contributed by atoms with E-state index in [0.29, 0.717) is 25.0 Å². The van der Waals surface area contributed by atoms with Crippen LogP contribution in [-0.4, -0.2) is 78.4 Å². The molecule has 2 heterocycles. The van der Waals surface area contributed by atoms with Gasteiger partial charge in [-0.2, -0.15) is 0 Å². The van der Waals surface area contributed by atoms with Crippen LogP contribution in [0.3, 0.4) is 0 Å². The summed E-state index contributed by atoms with van der Waals surface area (Å²) in [5.41, 5.74) is 3.11. The molecule has 3 fully saturated rings. The van der Waals surface area contributed by atoms with Gasteiger partial charge in [-0.15, -0.1) is 0 Å². The summed E-state index contributed by atoms with van der Waals surface area (Å²) < 4.78 is 0. The maximum Gasteiger partial charge on any atom is 0.238 e. The third-order valence-corrected chi connectivity index (χ3v) is 7.50. The average Bonchev–Trinajstić information content (AvgIpc) is 2.77. The zero-order valence-electron chi connectivity index (χ0n) is 19.2. The Morgan fingerprint density at radius 3 is 2.19 bits per heavy atom. The van der Waals surface area contributed by atoms with Crippen molar-refractivity contribution in [3.05, 3.63) is 29.3 Å². The number of benzene rings is 1. The molecule has 1 saturated carbocycles. The quantitative estimate of drug-likeness (QED) is 0.786. The first-order valence-electron chi connectivity index (χ1n) is 12.1. The highest BCUT2D eigenvalue weighted by Gasteiger charge is 2.36. The molecule has 0 radical (unpaired) electrons. The van der Waals surface area contributed by atoms with Crippen LogP contribution >= 0.6 is 0 Å². The minimum atomic E-state index is 0.0404. The monoisotopic (exact) mass is 426 g/mol. The molecular formula is C25H38N4O2. The molecule has 1 aliphatic carbocycles. The van der Waals surface area contributed by atoms with Gasteiger partial charge in [-0.3, -0.25) is 19.4 Å². The Morgan fingerprint density at radius 2 is 1.48 bits per heavy atom. The van der Waals surface area contributed by atoms with Crippen LogP contribution in [0.1, 0.15) is 49.7 Å². The molecule has 0 unspecified atom stereocenters. The van der Waals surface area contributed by atoms with Crippen LogP contribution in [0.2, 0.25) is 0 Å². The Labute approximate surface area is 187 Å². The third-order valence-electron chi connectivity index (χ3n) is 7.50. The van der Waals surface area contributed by atoms with E-state index in [2.05, 4.69) is 20.0 Å². The van der Waals surface area contributed by atoms with Gasteiger partial charge in [0, 0.05) is 44.5 Å². The molecule has 3 aliphatic rings. The first-order chi connectivity index (χ1) is 15.0. The van der Waals surface area contributed by atoms with E-state index < -0.39 is 0 Å². The topological polar surface area (TPSA) is 55.9 Å². The third kappa shape index (κ3) is 5.47. The van der Waals surface area contributed by atoms with Crippen molar-refractivity contribution in [3.63, 3.8) is 0 Å². The minimum Gasteiger partial charge on any atom is -0.338 e. The SMILES string of the molecule is Cc1cccc(C)c1NC(=O)CN1CCN(CC(=O)N2CCC[C@@H]3CCCC[C@@H]32)CC1. The van der Waals surface area contributed by atoms with Crippen LogP contribution < -0.4 is 5.32 Å². The summed E-state index contributed by atoms with van der Waals surface area (Å²) in [5, 5.41) is 3.08. The second-order valence-corrected chi connectivity index (χ2v) is 9.71. The summed E-state index contributed by atoms with van der Waals surface area (Å²) in [5.74, 6) is 1.09. The highest BCUT2D eigenvalue weighted by Crippen LogP contribution is 2.35. The molecule has 1 aromatic rings. The van der Waals surface area contributed by atoms with Crippen molar-refractivity contribution in [1.82, 2.24) is 14.7 Å². The van der Waals surface area contributed by atoms with Gasteiger partial charge < -0.3 is 10.2 Å². The number of hydrogen-bond donors (Lipinski definition) is 1. The Hall–Kier alpha value is -1.92. The fourth-order valence-corrected chi connectivity index (χ4v) is 5.72. The fraction of sp³-hybridized carbons (Fsp3) is 0.680. The van der Waals surface area contributed by atoms with Crippen molar-refractivity contribution >= 4 is 17.5 Å². The number of anilines is 1. The van der Waals surface area contributed by atoms with E-state index in [-0.39, 0.29) is 5.91 Å². The van der Waals surface area contributed by atoms with Crippen LogP contribution in [-0.2, 0) is 9.59 Å². The van der Waals surface area contributed by atoms with E-state index in [4.69, 9.17) is 0 Å². The number of nitrogens with zero attached hydrogens (tertiary/aromatic N) is 3. The van der Waals surface area contributed by atoms with Crippen molar-refractivity contribution in [1.29, 1.82) is 0 Å². The molecule has 6 heteroatoms. The van der Waals surface area contributed by atoms with Crippen LogP contribution in [0.5, 0.6) is 0 Å². The summed E-state index contributed by atoms with van der Waals surface area (Å²) in [4.78, 5) is 32.3. The second kappa shape index (κ2) is 10.1. The molecule has 2 aliphatic heterocycles. The molecule has 1 N–H and O–H groups in total. The number of para-hydroxylation sites is 1. The molecule has 31 heavy (non-hydrogen) atoms. The molecule has 0 spiro atoms. The lowest BCUT2D eigenvalue weighted by atomic mass is 9.78. The van der Waals surface area contributed by atoms with E-state index in [1.54, 1.807) is 0 Å². The predicted molar refractivity (Wildman–Crippen MR) is 124 cm³/mol. The van der Waals surface area contributed by atoms with Crippen LogP contribution in [0.4, 0.5) is 5.69 Å². The number of rotatable bonds is 5. The summed E-state index contributed by atoms with van der Waals surface area (Å²) in [6, 6.07) is 6.55. The largest absolute Gasteiger partial charge is 0.338 e. The van der Waals surface area contributed by atoms with E-state index in [1.165, 1.54) is 32.1 Å². The first kappa shape index (κ1) is 22.3. The number of piperazine rings is 1. The van der Waals surface area contributed by atoms with Gasteiger partial charge in [0.15, 0.2) is 0 Å². The Morgan fingerprint density at radius 1 is 0.871 bits per heavy atom. The number of carbonyl (C=O) groups is 2. The summed E-state index contributed by atoms with van der Waals surface area (Å²) >= 11 is 0. The molecule has 2 atom stereocenters. The second-order valence-electron chi connectivity index (χ2n) is 9.71. The van der Waals surface area contributed by atoms with Gasteiger partial charge in [-0.1, -0.05) is 31.0 Å². The van der Waals surface area contributed by atoms with Crippen molar-refractivity contribution in [2.75, 3.05) is 51.1 Å². The summed E-state index contributed by atoms with van der Waals surface area (Å²) in [6.45, 7) is 9.30. The number of amides is 2. The highest BCUT2D eigenvalue weighted by molar-refractivity contribution is 5.93. The number of hydrogen-bond acceptors (Lipinski definition) is 4. The molecule has 0 aromatic heterocycles. The van der Waals surface area contributed by atoms with Gasteiger partial charge >= 0.3 is 0 Å². The Kier molecular flexibility index (Phi) is 7.28. The van der Waals surface area contributed by atoms with E-state index in [9.17, 15) is 9.59 Å². The number of carbonyl (C=O) groups excluding carboxylic acids is 2. The van der Waals surface area contributed by atoms with Gasteiger partial charge in [-0.25, -0.2) is 0 Å². The standard InChI is InChI=1S/C25H38N4O2/c1-19-7-5-8-20(2)25(19)26-23(30)17-27-13-15-28(16-14-27)18-24(31)29-12-6-10-21-9-3-4-11-22(21)29/h5,7-8,21-22H,3-4,6,9-18H2,1-2H3,(H,26,30)/t21-,22-/m0/s1. The molecule has 2 amide bonds. The maximum absolute atomic E-state index is 13.1. The molecule has 2 saturated heterocycles. The number of nitrogens with one attached hydrogen (secondary N) is 1. The lowest BCUT2D eigenvalue weighted by Crippen LogP contribution is -2.55. The highest BCUT2D eigenvalue weighted by atomic mass is 16.2. The number of fused-ring (bicyclic) bond motifs is 1. The van der Waals surface area contributed by atoms with Crippen LogP contribution in [0.15, 0.2) is 18.2 Å². The summed E-state index contributed by atoms with van der Waals surface area (Å²) in [6.07, 6.45) is 7.57. The van der Waals surface area contributed by atoms with Crippen LogP contribution in [0, 0.1) is 19.8 Å². The lowest BCUT2D eigenvalue weighted by molar-refractivity contribution is -0.139. The van der Waals surface area contributed by atoms with Gasteiger partial charge in [0.05, 0.1) is 13.1 Å². The van der Waals surface area contributed by atoms with E-state index in [1.807, 2.05) is 32.0 Å². The molecule has 6 nitrogen and oxygen atoms in total. The van der Waals surface area contributed by atoms with Gasteiger partial charge in [0.25, 0.3) is 0 Å². The fourth-order valence-electron chi connectivity index (χ4n) is 5.72. The molecule has 170 valence electrons. The van der Waals surface area contributed by atoms with E-state index >= 15 is 0 Å². The molecule has 1 aromatic carbocycles. The van der Waals surface area contributed by atoms with E-state index in [0.717, 1.165) is 61.9 Å². The smallest absolute Gasteiger partial charge is 0.238 e. The molecule has 4 rings (SSSR count). The van der Waals surface area contributed by atoms with Gasteiger partial charge in [0.2, 0.25) is 11.8 Å². The lowest BCUT2D eigenvalue weighted by Gasteiger charge is -2.45. The zero-order valence-corrected chi connectivity index (χ0v) is 19.2.